The summed E-state index contributed by atoms with van der Waals surface area (Å²) in [6, 6.07) is 6.29. The van der Waals surface area contributed by atoms with Gasteiger partial charge in [-0.05, 0) is 31.4 Å². The number of aryl methyl sites for hydroxylation is 2. The molecule has 0 amide bonds. The van der Waals surface area contributed by atoms with Crippen molar-refractivity contribution in [3.63, 3.8) is 0 Å². The summed E-state index contributed by atoms with van der Waals surface area (Å²) < 4.78 is 5.69. The van der Waals surface area contributed by atoms with Crippen molar-refractivity contribution in [2.75, 3.05) is 6.61 Å². The fourth-order valence-corrected chi connectivity index (χ4v) is 1.34. The van der Waals surface area contributed by atoms with Crippen LogP contribution < -0.4 is 10.5 Å². The maximum Gasteiger partial charge on any atom is 0.122 e. The molecule has 1 atom stereocenters. The molecule has 0 bridgehead atoms. The quantitative estimate of drug-likeness (QED) is 0.823. The van der Waals surface area contributed by atoms with Crippen molar-refractivity contribution in [3.8, 4) is 5.75 Å². The number of hydrogen-bond donors (Lipinski definition) is 1. The fraction of sp³-hybridized carbons (Fsp3) is 0.538. The highest BCUT2D eigenvalue weighted by atomic mass is 16.5. The van der Waals surface area contributed by atoms with Crippen LogP contribution in [0, 0.1) is 19.8 Å². The predicted molar refractivity (Wildman–Crippen MR) is 64.2 cm³/mol. The maximum atomic E-state index is 5.92. The Labute approximate surface area is 92.4 Å². The zero-order valence-electron chi connectivity index (χ0n) is 10.1. The lowest BCUT2D eigenvalue weighted by Gasteiger charge is -2.17. The van der Waals surface area contributed by atoms with Crippen LogP contribution >= 0.6 is 0 Å². The predicted octanol–water partition coefficient (Wildman–Crippen LogP) is 2.67. The zero-order chi connectivity index (χ0) is 11.4. The molecule has 0 unspecified atom stereocenters. The Morgan fingerprint density at radius 3 is 2.47 bits per heavy atom. The smallest absolute Gasteiger partial charge is 0.122 e. The molecule has 0 saturated heterocycles. The van der Waals surface area contributed by atoms with Crippen molar-refractivity contribution in [2.24, 2.45) is 11.7 Å². The third-order valence-electron chi connectivity index (χ3n) is 2.62. The number of benzene rings is 1. The molecule has 0 radical (unpaired) electrons. The van der Waals surface area contributed by atoms with Gasteiger partial charge in [-0.2, -0.15) is 0 Å². The lowest BCUT2D eigenvalue weighted by atomic mass is 10.1. The molecule has 0 fully saturated rings. The SMILES string of the molecule is Cc1ccc(OC[C@H](N)C(C)C)c(C)c1. The monoisotopic (exact) mass is 207 g/mol. The van der Waals surface area contributed by atoms with Gasteiger partial charge in [0.25, 0.3) is 0 Å². The van der Waals surface area contributed by atoms with Gasteiger partial charge in [0, 0.05) is 6.04 Å². The average molecular weight is 207 g/mol. The van der Waals surface area contributed by atoms with E-state index in [4.69, 9.17) is 10.5 Å². The Hall–Kier alpha value is -1.02. The van der Waals surface area contributed by atoms with Crippen LogP contribution in [-0.2, 0) is 0 Å². The second-order valence-electron chi connectivity index (χ2n) is 4.49. The molecule has 15 heavy (non-hydrogen) atoms. The third-order valence-corrected chi connectivity index (χ3v) is 2.62. The van der Waals surface area contributed by atoms with Crippen LogP contribution in [0.3, 0.4) is 0 Å². The van der Waals surface area contributed by atoms with Crippen LogP contribution in [0.1, 0.15) is 25.0 Å². The van der Waals surface area contributed by atoms with E-state index in [1.54, 1.807) is 0 Å². The summed E-state index contributed by atoms with van der Waals surface area (Å²) >= 11 is 0. The van der Waals surface area contributed by atoms with Crippen molar-refractivity contribution >= 4 is 0 Å². The van der Waals surface area contributed by atoms with E-state index < -0.39 is 0 Å². The molecule has 84 valence electrons. The maximum absolute atomic E-state index is 5.92. The Morgan fingerprint density at radius 2 is 1.93 bits per heavy atom. The summed E-state index contributed by atoms with van der Waals surface area (Å²) in [5.41, 5.74) is 8.35. The number of ether oxygens (including phenoxy) is 1. The number of rotatable bonds is 4. The van der Waals surface area contributed by atoms with E-state index in [1.165, 1.54) is 11.1 Å². The highest BCUT2D eigenvalue weighted by Gasteiger charge is 2.08. The van der Waals surface area contributed by atoms with Crippen molar-refractivity contribution in [1.82, 2.24) is 0 Å². The Bertz CT molecular complexity index is 320. The van der Waals surface area contributed by atoms with E-state index in [0.717, 1.165) is 5.75 Å². The standard InChI is InChI=1S/C13H21NO/c1-9(2)12(14)8-15-13-6-5-10(3)7-11(13)4/h5-7,9,12H,8,14H2,1-4H3/t12-/m0/s1. The van der Waals surface area contributed by atoms with Crippen LogP contribution in [0.15, 0.2) is 18.2 Å². The third kappa shape index (κ3) is 3.56. The molecule has 0 aliphatic rings. The first-order valence-corrected chi connectivity index (χ1v) is 5.46. The summed E-state index contributed by atoms with van der Waals surface area (Å²) in [5, 5.41) is 0. The molecule has 0 spiro atoms. The molecule has 1 rings (SSSR count). The molecule has 0 aliphatic heterocycles. The Balaban J connectivity index is 2.58. The molecule has 0 aliphatic carbocycles. The van der Waals surface area contributed by atoms with Gasteiger partial charge in [0.05, 0.1) is 0 Å². The Morgan fingerprint density at radius 1 is 1.27 bits per heavy atom. The fourth-order valence-electron chi connectivity index (χ4n) is 1.34. The molecule has 2 nitrogen and oxygen atoms in total. The van der Waals surface area contributed by atoms with Gasteiger partial charge < -0.3 is 10.5 Å². The first kappa shape index (κ1) is 12.1. The van der Waals surface area contributed by atoms with Gasteiger partial charge in [0.1, 0.15) is 12.4 Å². The Kier molecular flexibility index (Phi) is 4.15. The molecule has 0 heterocycles. The second-order valence-corrected chi connectivity index (χ2v) is 4.49. The van der Waals surface area contributed by atoms with Crippen LogP contribution in [0.5, 0.6) is 5.75 Å². The van der Waals surface area contributed by atoms with Gasteiger partial charge in [-0.1, -0.05) is 31.5 Å². The lowest BCUT2D eigenvalue weighted by Crippen LogP contribution is -2.33. The van der Waals surface area contributed by atoms with Gasteiger partial charge in [0.2, 0.25) is 0 Å². The molecule has 1 aromatic rings. The summed E-state index contributed by atoms with van der Waals surface area (Å²) in [5.74, 6) is 1.40. The van der Waals surface area contributed by atoms with Gasteiger partial charge in [-0.15, -0.1) is 0 Å². The molecule has 2 heteroatoms. The van der Waals surface area contributed by atoms with Crippen molar-refractivity contribution in [3.05, 3.63) is 29.3 Å². The van der Waals surface area contributed by atoms with E-state index in [1.807, 2.05) is 6.07 Å². The average Bonchev–Trinajstić information content (AvgIpc) is 2.15. The first-order valence-electron chi connectivity index (χ1n) is 5.46. The van der Waals surface area contributed by atoms with Gasteiger partial charge in [0.15, 0.2) is 0 Å². The summed E-state index contributed by atoms with van der Waals surface area (Å²) in [7, 11) is 0. The normalized spacial score (nSPS) is 12.9. The topological polar surface area (TPSA) is 35.2 Å². The summed E-state index contributed by atoms with van der Waals surface area (Å²) in [4.78, 5) is 0. The van der Waals surface area contributed by atoms with E-state index in [-0.39, 0.29) is 6.04 Å². The highest BCUT2D eigenvalue weighted by molar-refractivity contribution is 5.35. The van der Waals surface area contributed by atoms with Gasteiger partial charge >= 0.3 is 0 Å². The van der Waals surface area contributed by atoms with E-state index in [9.17, 15) is 0 Å². The highest BCUT2D eigenvalue weighted by Crippen LogP contribution is 2.19. The van der Waals surface area contributed by atoms with Crippen LogP contribution in [-0.4, -0.2) is 12.6 Å². The first-order chi connectivity index (χ1) is 7.00. The van der Waals surface area contributed by atoms with Crippen LogP contribution in [0.2, 0.25) is 0 Å². The minimum atomic E-state index is 0.103. The largest absolute Gasteiger partial charge is 0.492 e. The molecular weight excluding hydrogens is 186 g/mol. The van der Waals surface area contributed by atoms with Crippen LogP contribution in [0.25, 0.3) is 0 Å². The van der Waals surface area contributed by atoms with E-state index in [0.29, 0.717) is 12.5 Å². The molecule has 2 N–H and O–H groups in total. The van der Waals surface area contributed by atoms with E-state index in [2.05, 4.69) is 39.8 Å². The minimum absolute atomic E-state index is 0.103. The van der Waals surface area contributed by atoms with E-state index >= 15 is 0 Å². The van der Waals surface area contributed by atoms with Gasteiger partial charge in [-0.25, -0.2) is 0 Å². The molecule has 0 saturated carbocycles. The number of nitrogens with two attached hydrogens (primary N) is 1. The second kappa shape index (κ2) is 5.17. The number of hydrogen-bond acceptors (Lipinski definition) is 2. The van der Waals surface area contributed by atoms with Crippen molar-refractivity contribution in [1.29, 1.82) is 0 Å². The summed E-state index contributed by atoms with van der Waals surface area (Å²) in [6.45, 7) is 8.94. The molecule has 1 aromatic carbocycles. The molecule has 0 aromatic heterocycles. The van der Waals surface area contributed by atoms with Crippen molar-refractivity contribution < 1.29 is 4.74 Å². The lowest BCUT2D eigenvalue weighted by molar-refractivity contribution is 0.258. The zero-order valence-corrected chi connectivity index (χ0v) is 10.1. The van der Waals surface area contributed by atoms with Crippen molar-refractivity contribution in [2.45, 2.75) is 33.7 Å². The van der Waals surface area contributed by atoms with Crippen LogP contribution in [0.4, 0.5) is 0 Å². The minimum Gasteiger partial charge on any atom is -0.492 e. The molecular formula is C13H21NO. The van der Waals surface area contributed by atoms with Gasteiger partial charge in [-0.3, -0.25) is 0 Å². The summed E-state index contributed by atoms with van der Waals surface area (Å²) in [6.07, 6.45) is 0.